The van der Waals surface area contributed by atoms with Crippen LogP contribution in [0.5, 0.6) is 0 Å². The highest BCUT2D eigenvalue weighted by Gasteiger charge is 2.21. The third-order valence-corrected chi connectivity index (χ3v) is 3.96. The molecule has 2 N–H and O–H groups in total. The molecule has 1 aliphatic carbocycles. The molecule has 0 amide bonds. The lowest BCUT2D eigenvalue weighted by Gasteiger charge is -2.30. The zero-order valence-electron chi connectivity index (χ0n) is 10.1. The number of hydrogen-bond donors (Lipinski definition) is 2. The molecular weight excluding hydrogens is 184 g/mol. The summed E-state index contributed by atoms with van der Waals surface area (Å²) in [5.74, 6) is 1.95. The van der Waals surface area contributed by atoms with Crippen molar-refractivity contribution in [2.24, 2.45) is 11.8 Å². The van der Waals surface area contributed by atoms with Crippen LogP contribution in [0.15, 0.2) is 0 Å². The minimum Gasteiger partial charge on any atom is -0.315 e. The summed E-state index contributed by atoms with van der Waals surface area (Å²) >= 11 is 0. The van der Waals surface area contributed by atoms with Crippen molar-refractivity contribution in [3.05, 3.63) is 0 Å². The van der Waals surface area contributed by atoms with Gasteiger partial charge in [0.25, 0.3) is 0 Å². The Bertz CT molecular complexity index is 177. The van der Waals surface area contributed by atoms with Crippen molar-refractivity contribution in [1.29, 1.82) is 0 Å². The van der Waals surface area contributed by atoms with Gasteiger partial charge in [-0.25, -0.2) is 0 Å². The molecule has 2 rings (SSSR count). The number of rotatable bonds is 6. The van der Waals surface area contributed by atoms with Gasteiger partial charge in [-0.1, -0.05) is 19.8 Å². The molecule has 2 aliphatic rings. The van der Waals surface area contributed by atoms with Gasteiger partial charge in [-0.15, -0.1) is 0 Å². The second kappa shape index (κ2) is 5.86. The van der Waals surface area contributed by atoms with Crippen LogP contribution in [0, 0.1) is 11.8 Å². The van der Waals surface area contributed by atoms with E-state index in [-0.39, 0.29) is 0 Å². The van der Waals surface area contributed by atoms with E-state index in [9.17, 15) is 0 Å². The van der Waals surface area contributed by atoms with Crippen LogP contribution in [0.1, 0.15) is 45.4 Å². The van der Waals surface area contributed by atoms with Gasteiger partial charge in [-0.2, -0.15) is 0 Å². The first-order valence-electron chi connectivity index (χ1n) is 6.80. The van der Waals surface area contributed by atoms with Crippen LogP contribution < -0.4 is 10.6 Å². The standard InChI is InChI=1S/C13H26N2/c1-11-4-2-9-15-13(11)10-14-8-3-5-12-6-7-12/h11-15H,2-10H2,1H3. The smallest absolute Gasteiger partial charge is 0.0218 e. The first-order valence-corrected chi connectivity index (χ1v) is 6.80. The number of hydrogen-bond acceptors (Lipinski definition) is 2. The molecule has 0 spiro atoms. The second-order valence-corrected chi connectivity index (χ2v) is 5.47. The lowest BCUT2D eigenvalue weighted by atomic mass is 9.93. The maximum absolute atomic E-state index is 3.62. The predicted molar refractivity (Wildman–Crippen MR) is 65.0 cm³/mol. The molecule has 2 nitrogen and oxygen atoms in total. The Kier molecular flexibility index (Phi) is 4.45. The van der Waals surface area contributed by atoms with Crippen LogP contribution in [0.3, 0.4) is 0 Å². The van der Waals surface area contributed by atoms with Gasteiger partial charge in [0, 0.05) is 12.6 Å². The minimum absolute atomic E-state index is 0.722. The summed E-state index contributed by atoms with van der Waals surface area (Å²) in [5, 5.41) is 7.22. The fourth-order valence-electron chi connectivity index (χ4n) is 2.57. The summed E-state index contributed by atoms with van der Waals surface area (Å²) in [6.45, 7) is 5.99. The van der Waals surface area contributed by atoms with Crippen LogP contribution in [0.2, 0.25) is 0 Å². The van der Waals surface area contributed by atoms with E-state index in [1.54, 1.807) is 0 Å². The first-order chi connectivity index (χ1) is 7.36. The Hall–Kier alpha value is -0.0800. The Morgan fingerprint density at radius 3 is 2.87 bits per heavy atom. The molecule has 2 heteroatoms. The molecule has 0 aromatic rings. The molecule has 1 saturated heterocycles. The number of nitrogens with one attached hydrogen (secondary N) is 2. The number of piperidine rings is 1. The van der Waals surface area contributed by atoms with Gasteiger partial charge in [0.15, 0.2) is 0 Å². The Morgan fingerprint density at radius 2 is 2.13 bits per heavy atom. The molecule has 88 valence electrons. The van der Waals surface area contributed by atoms with E-state index < -0.39 is 0 Å². The lowest BCUT2D eigenvalue weighted by Crippen LogP contribution is -2.46. The Balaban J connectivity index is 1.48. The van der Waals surface area contributed by atoms with Crippen molar-refractivity contribution in [1.82, 2.24) is 10.6 Å². The average molecular weight is 210 g/mol. The average Bonchev–Trinajstić information content (AvgIpc) is 3.04. The van der Waals surface area contributed by atoms with E-state index in [0.717, 1.165) is 17.9 Å². The van der Waals surface area contributed by atoms with Gasteiger partial charge < -0.3 is 10.6 Å². The molecular formula is C13H26N2. The van der Waals surface area contributed by atoms with Gasteiger partial charge in [-0.05, 0) is 50.6 Å². The fraction of sp³-hybridized carbons (Fsp3) is 1.00. The summed E-state index contributed by atoms with van der Waals surface area (Å²) in [6.07, 6.45) is 8.61. The highest BCUT2D eigenvalue weighted by atomic mass is 15.0. The molecule has 2 unspecified atom stereocenters. The maximum atomic E-state index is 3.62. The topological polar surface area (TPSA) is 24.1 Å². The maximum Gasteiger partial charge on any atom is 0.0218 e. The molecule has 1 heterocycles. The Labute approximate surface area is 94.2 Å². The molecule has 0 radical (unpaired) electrons. The van der Waals surface area contributed by atoms with Gasteiger partial charge in [0.05, 0.1) is 0 Å². The van der Waals surface area contributed by atoms with Crippen molar-refractivity contribution >= 4 is 0 Å². The van der Waals surface area contributed by atoms with Crippen LogP contribution in [0.25, 0.3) is 0 Å². The van der Waals surface area contributed by atoms with Crippen molar-refractivity contribution in [2.45, 2.75) is 51.5 Å². The highest BCUT2D eigenvalue weighted by Crippen LogP contribution is 2.33. The quantitative estimate of drug-likeness (QED) is 0.656. The van der Waals surface area contributed by atoms with Crippen LogP contribution in [-0.2, 0) is 0 Å². The molecule has 0 bridgehead atoms. The summed E-state index contributed by atoms with van der Waals surface area (Å²) in [6, 6.07) is 0.722. The van der Waals surface area contributed by atoms with Crippen molar-refractivity contribution < 1.29 is 0 Å². The van der Waals surface area contributed by atoms with Crippen LogP contribution >= 0.6 is 0 Å². The molecule has 1 aliphatic heterocycles. The normalized spacial score (nSPS) is 31.8. The molecule has 0 aromatic heterocycles. The van der Waals surface area contributed by atoms with Crippen LogP contribution in [-0.4, -0.2) is 25.7 Å². The van der Waals surface area contributed by atoms with Crippen molar-refractivity contribution in [3.63, 3.8) is 0 Å². The van der Waals surface area contributed by atoms with E-state index in [2.05, 4.69) is 17.6 Å². The van der Waals surface area contributed by atoms with Gasteiger partial charge >= 0.3 is 0 Å². The minimum atomic E-state index is 0.722. The Morgan fingerprint density at radius 1 is 1.27 bits per heavy atom. The van der Waals surface area contributed by atoms with Crippen molar-refractivity contribution in [2.75, 3.05) is 19.6 Å². The molecule has 2 fully saturated rings. The van der Waals surface area contributed by atoms with E-state index >= 15 is 0 Å². The zero-order valence-corrected chi connectivity index (χ0v) is 10.1. The largest absolute Gasteiger partial charge is 0.315 e. The van der Waals surface area contributed by atoms with E-state index in [0.29, 0.717) is 0 Å². The van der Waals surface area contributed by atoms with Gasteiger partial charge in [-0.3, -0.25) is 0 Å². The highest BCUT2D eigenvalue weighted by molar-refractivity contribution is 4.80. The summed E-state index contributed by atoms with van der Waals surface area (Å²) in [4.78, 5) is 0. The summed E-state index contributed by atoms with van der Waals surface area (Å²) in [7, 11) is 0. The fourth-order valence-corrected chi connectivity index (χ4v) is 2.57. The predicted octanol–water partition coefficient (Wildman–Crippen LogP) is 2.15. The monoisotopic (exact) mass is 210 g/mol. The van der Waals surface area contributed by atoms with Crippen LogP contribution in [0.4, 0.5) is 0 Å². The zero-order chi connectivity index (χ0) is 10.5. The van der Waals surface area contributed by atoms with Gasteiger partial charge in [0.2, 0.25) is 0 Å². The van der Waals surface area contributed by atoms with E-state index in [1.807, 2.05) is 0 Å². The second-order valence-electron chi connectivity index (χ2n) is 5.47. The van der Waals surface area contributed by atoms with E-state index in [4.69, 9.17) is 0 Å². The van der Waals surface area contributed by atoms with E-state index in [1.165, 1.54) is 58.2 Å². The molecule has 0 aromatic carbocycles. The summed E-state index contributed by atoms with van der Waals surface area (Å²) in [5.41, 5.74) is 0. The third-order valence-electron chi connectivity index (χ3n) is 3.96. The summed E-state index contributed by atoms with van der Waals surface area (Å²) < 4.78 is 0. The molecule has 2 atom stereocenters. The molecule has 1 saturated carbocycles. The first kappa shape index (κ1) is 11.4. The third kappa shape index (κ3) is 4.12. The van der Waals surface area contributed by atoms with Gasteiger partial charge in [0.1, 0.15) is 0 Å². The van der Waals surface area contributed by atoms with Crippen molar-refractivity contribution in [3.8, 4) is 0 Å². The lowest BCUT2D eigenvalue weighted by molar-refractivity contribution is 0.290. The molecule has 15 heavy (non-hydrogen) atoms. The SMILES string of the molecule is CC1CCCNC1CNCCCC1CC1.